The van der Waals surface area contributed by atoms with Crippen LogP contribution in [0.3, 0.4) is 0 Å². The minimum Gasteiger partial charge on any atom is -0.494 e. The number of esters is 1. The number of aryl methyl sites for hydroxylation is 1. The van der Waals surface area contributed by atoms with Gasteiger partial charge in [0.05, 0.1) is 19.3 Å². The molecule has 1 heterocycles. The Morgan fingerprint density at radius 1 is 1.28 bits per heavy atom. The molecule has 0 radical (unpaired) electrons. The fourth-order valence-electron chi connectivity index (χ4n) is 4.05. The van der Waals surface area contributed by atoms with Crippen molar-refractivity contribution in [1.82, 2.24) is 0 Å². The summed E-state index contributed by atoms with van der Waals surface area (Å²) in [5.74, 6) is 0.779. The van der Waals surface area contributed by atoms with Crippen molar-refractivity contribution in [3.8, 4) is 5.75 Å². The summed E-state index contributed by atoms with van der Waals surface area (Å²) >= 11 is 7.55. The first kappa shape index (κ1) is 24.6. The first-order valence-electron chi connectivity index (χ1n) is 11.0. The number of halogens is 1. The lowest BCUT2D eigenvalue weighted by Gasteiger charge is -2.33. The Kier molecular flexibility index (Phi) is 7.88. The quantitative estimate of drug-likeness (QED) is 0.368. The third kappa shape index (κ3) is 5.84. The lowest BCUT2D eigenvalue weighted by atomic mass is 9.72. The van der Waals surface area contributed by atoms with Crippen LogP contribution in [0.5, 0.6) is 5.75 Å². The van der Waals surface area contributed by atoms with Crippen LogP contribution in [0.4, 0.5) is 5.00 Å². The number of hydrogen-bond acceptors (Lipinski definition) is 5. The molecule has 0 saturated heterocycles. The highest BCUT2D eigenvalue weighted by molar-refractivity contribution is 7.17. The van der Waals surface area contributed by atoms with E-state index in [0.717, 1.165) is 36.1 Å². The molecule has 32 heavy (non-hydrogen) atoms. The molecule has 174 valence electrons. The fraction of sp³-hybridized carbons (Fsp3) is 0.520. The molecule has 0 bridgehead atoms. The number of amides is 1. The predicted octanol–water partition coefficient (Wildman–Crippen LogP) is 6.45. The maximum absolute atomic E-state index is 12.6. The minimum atomic E-state index is -0.381. The van der Waals surface area contributed by atoms with Crippen LogP contribution in [0.1, 0.15) is 66.4 Å². The molecule has 1 atom stereocenters. The molecule has 1 amide bonds. The number of fused-ring (bicyclic) bond motifs is 1. The van der Waals surface area contributed by atoms with Gasteiger partial charge in [-0.05, 0) is 73.3 Å². The third-order valence-electron chi connectivity index (χ3n) is 6.08. The Morgan fingerprint density at radius 3 is 2.69 bits per heavy atom. The zero-order valence-corrected chi connectivity index (χ0v) is 21.0. The van der Waals surface area contributed by atoms with Crippen LogP contribution < -0.4 is 10.1 Å². The molecule has 2 aromatic rings. The number of nitrogens with one attached hydrogen (secondary N) is 1. The normalized spacial score (nSPS) is 15.8. The summed E-state index contributed by atoms with van der Waals surface area (Å²) in [6, 6.07) is 5.50. The van der Waals surface area contributed by atoms with Gasteiger partial charge in [-0.1, -0.05) is 32.4 Å². The van der Waals surface area contributed by atoms with Crippen LogP contribution in [0.15, 0.2) is 18.2 Å². The van der Waals surface area contributed by atoms with Gasteiger partial charge in [-0.25, -0.2) is 4.79 Å². The van der Waals surface area contributed by atoms with E-state index in [0.29, 0.717) is 41.0 Å². The van der Waals surface area contributed by atoms with Crippen molar-refractivity contribution < 1.29 is 19.1 Å². The molecule has 0 fully saturated rings. The number of ether oxygens (including phenoxy) is 2. The molecule has 1 N–H and O–H groups in total. The standard InChI is InChI=1S/C25H32ClNO4S/c1-15-13-17(9-11-19(15)26)31-12-6-7-21(28)27-23-22(24(29)30-5)18-10-8-16(25(2,3)4)14-20(18)32-23/h9,11,13,16H,6-8,10,12,14H2,1-5H3,(H,27,28). The van der Waals surface area contributed by atoms with Crippen molar-refractivity contribution in [2.75, 3.05) is 19.0 Å². The molecular weight excluding hydrogens is 446 g/mol. The van der Waals surface area contributed by atoms with Crippen LogP contribution >= 0.6 is 22.9 Å². The van der Waals surface area contributed by atoms with E-state index < -0.39 is 0 Å². The van der Waals surface area contributed by atoms with Crippen molar-refractivity contribution in [3.05, 3.63) is 44.8 Å². The van der Waals surface area contributed by atoms with Crippen molar-refractivity contribution in [2.45, 2.75) is 59.8 Å². The second-order valence-corrected chi connectivity index (χ2v) is 10.9. The summed E-state index contributed by atoms with van der Waals surface area (Å²) in [6.45, 7) is 9.12. The Bertz CT molecular complexity index is 993. The van der Waals surface area contributed by atoms with Crippen LogP contribution in [0.2, 0.25) is 5.02 Å². The number of benzene rings is 1. The third-order valence-corrected chi connectivity index (χ3v) is 7.67. The number of carbonyl (C=O) groups excluding carboxylic acids is 2. The van der Waals surface area contributed by atoms with Crippen LogP contribution in [-0.4, -0.2) is 25.6 Å². The number of thiophene rings is 1. The number of methoxy groups -OCH3 is 1. The zero-order chi connectivity index (χ0) is 23.5. The average Bonchev–Trinajstić information content (AvgIpc) is 3.09. The molecular formula is C25H32ClNO4S. The molecule has 7 heteroatoms. The van der Waals surface area contributed by atoms with Gasteiger partial charge in [-0.3, -0.25) is 4.79 Å². The highest BCUT2D eigenvalue weighted by atomic mass is 35.5. The lowest BCUT2D eigenvalue weighted by molar-refractivity contribution is -0.116. The van der Waals surface area contributed by atoms with E-state index in [9.17, 15) is 9.59 Å². The Hall–Kier alpha value is -2.05. The van der Waals surface area contributed by atoms with Crippen LogP contribution in [-0.2, 0) is 22.4 Å². The monoisotopic (exact) mass is 477 g/mol. The van der Waals surface area contributed by atoms with E-state index in [1.54, 1.807) is 6.07 Å². The van der Waals surface area contributed by atoms with Gasteiger partial charge in [0.1, 0.15) is 10.8 Å². The van der Waals surface area contributed by atoms with Gasteiger partial charge in [-0.2, -0.15) is 0 Å². The topological polar surface area (TPSA) is 64.6 Å². The summed E-state index contributed by atoms with van der Waals surface area (Å²) in [6.07, 6.45) is 3.67. The molecule has 3 rings (SSSR count). The molecule has 1 unspecified atom stereocenters. The second kappa shape index (κ2) is 10.3. The highest BCUT2D eigenvalue weighted by Gasteiger charge is 2.34. The van der Waals surface area contributed by atoms with Crippen LogP contribution in [0, 0.1) is 18.3 Å². The molecule has 0 spiro atoms. The summed E-state index contributed by atoms with van der Waals surface area (Å²) < 4.78 is 10.8. The Labute approximate surface area is 199 Å². The van der Waals surface area contributed by atoms with E-state index in [2.05, 4.69) is 26.1 Å². The lowest BCUT2D eigenvalue weighted by Crippen LogP contribution is -2.26. The minimum absolute atomic E-state index is 0.128. The summed E-state index contributed by atoms with van der Waals surface area (Å²) in [5, 5.41) is 4.26. The average molecular weight is 478 g/mol. The van der Waals surface area contributed by atoms with E-state index in [4.69, 9.17) is 21.1 Å². The van der Waals surface area contributed by atoms with Crippen LogP contribution in [0.25, 0.3) is 0 Å². The SMILES string of the molecule is COC(=O)c1c(NC(=O)CCCOc2ccc(Cl)c(C)c2)sc2c1CCC(C(C)(C)C)C2. The summed E-state index contributed by atoms with van der Waals surface area (Å²) in [5.41, 5.74) is 2.73. The second-order valence-electron chi connectivity index (χ2n) is 9.42. The number of hydrogen-bond donors (Lipinski definition) is 1. The fourth-order valence-corrected chi connectivity index (χ4v) is 5.50. The van der Waals surface area contributed by atoms with Gasteiger partial charge in [0, 0.05) is 16.3 Å². The van der Waals surface area contributed by atoms with Crippen molar-refractivity contribution in [1.29, 1.82) is 0 Å². The molecule has 1 aromatic carbocycles. The molecule has 1 aromatic heterocycles. The molecule has 1 aliphatic rings. The molecule has 0 saturated carbocycles. The van der Waals surface area contributed by atoms with Crippen molar-refractivity contribution in [2.24, 2.45) is 11.3 Å². The molecule has 5 nitrogen and oxygen atoms in total. The predicted molar refractivity (Wildman–Crippen MR) is 130 cm³/mol. The van der Waals surface area contributed by atoms with Gasteiger partial charge in [0.25, 0.3) is 0 Å². The van der Waals surface area contributed by atoms with Crippen molar-refractivity contribution in [3.63, 3.8) is 0 Å². The Morgan fingerprint density at radius 2 is 2.03 bits per heavy atom. The smallest absolute Gasteiger partial charge is 0.341 e. The van der Waals surface area contributed by atoms with Gasteiger partial charge in [0.15, 0.2) is 0 Å². The first-order valence-corrected chi connectivity index (χ1v) is 12.2. The maximum atomic E-state index is 12.6. The first-order chi connectivity index (χ1) is 15.1. The number of anilines is 1. The summed E-state index contributed by atoms with van der Waals surface area (Å²) in [4.78, 5) is 26.3. The Balaban J connectivity index is 1.62. The molecule has 0 aliphatic heterocycles. The summed E-state index contributed by atoms with van der Waals surface area (Å²) in [7, 11) is 1.38. The van der Waals surface area contributed by atoms with Gasteiger partial charge in [-0.15, -0.1) is 11.3 Å². The molecule has 1 aliphatic carbocycles. The van der Waals surface area contributed by atoms with E-state index in [1.165, 1.54) is 23.3 Å². The highest BCUT2D eigenvalue weighted by Crippen LogP contribution is 2.44. The number of rotatable bonds is 7. The van der Waals surface area contributed by atoms with Gasteiger partial charge in [0.2, 0.25) is 5.91 Å². The van der Waals surface area contributed by atoms with Gasteiger partial charge < -0.3 is 14.8 Å². The van der Waals surface area contributed by atoms with E-state index in [-0.39, 0.29) is 17.3 Å². The maximum Gasteiger partial charge on any atom is 0.341 e. The number of carbonyl (C=O) groups is 2. The largest absolute Gasteiger partial charge is 0.494 e. The van der Waals surface area contributed by atoms with Gasteiger partial charge >= 0.3 is 5.97 Å². The van der Waals surface area contributed by atoms with E-state index >= 15 is 0 Å². The van der Waals surface area contributed by atoms with Crippen molar-refractivity contribution >= 4 is 39.8 Å². The van der Waals surface area contributed by atoms with E-state index in [1.807, 2.05) is 19.1 Å². The zero-order valence-electron chi connectivity index (χ0n) is 19.5.